The van der Waals surface area contributed by atoms with Crippen LogP contribution in [0.4, 0.5) is 10.2 Å². The molecule has 4 aromatic heterocycles. The van der Waals surface area contributed by atoms with Crippen LogP contribution in [0, 0.1) is 17.8 Å². The fourth-order valence-corrected chi connectivity index (χ4v) is 3.63. The van der Waals surface area contributed by atoms with E-state index in [-0.39, 0.29) is 5.54 Å². The van der Waals surface area contributed by atoms with Crippen molar-refractivity contribution in [1.29, 1.82) is 0 Å². The second-order valence-electron chi connectivity index (χ2n) is 7.37. The molecule has 0 fully saturated rings. The highest BCUT2D eigenvalue weighted by Crippen LogP contribution is 2.34. The van der Waals surface area contributed by atoms with Gasteiger partial charge in [0.1, 0.15) is 22.9 Å². The molecule has 0 unspecified atom stereocenters. The first-order valence-electron chi connectivity index (χ1n) is 8.89. The van der Waals surface area contributed by atoms with Crippen LogP contribution in [0.15, 0.2) is 54.7 Å². The predicted octanol–water partition coefficient (Wildman–Crippen LogP) is 5.21. The number of nitrogens with one attached hydrogen (secondary N) is 1. The van der Waals surface area contributed by atoms with E-state index in [2.05, 4.69) is 47.3 Å². The van der Waals surface area contributed by atoms with Crippen LogP contribution in [-0.4, -0.2) is 19.9 Å². The molecule has 140 valence electrons. The lowest BCUT2D eigenvalue weighted by Crippen LogP contribution is -2.27. The molecular formula is C22H19FN4S. The van der Waals surface area contributed by atoms with Crippen LogP contribution in [0.25, 0.3) is 16.2 Å². The Bertz CT molecular complexity index is 1200. The van der Waals surface area contributed by atoms with Gasteiger partial charge in [-0.15, -0.1) is 11.3 Å². The second kappa shape index (κ2) is 7.10. The molecule has 4 nitrogen and oxygen atoms in total. The van der Waals surface area contributed by atoms with Crippen molar-refractivity contribution < 1.29 is 4.39 Å². The fourth-order valence-electron chi connectivity index (χ4n) is 2.78. The molecule has 0 bridgehead atoms. The lowest BCUT2D eigenvalue weighted by Gasteiger charge is -2.22. The molecule has 0 aliphatic carbocycles. The molecule has 28 heavy (non-hydrogen) atoms. The number of pyridine rings is 2. The molecule has 0 atom stereocenters. The van der Waals surface area contributed by atoms with Gasteiger partial charge in [-0.2, -0.15) is 4.39 Å². The summed E-state index contributed by atoms with van der Waals surface area (Å²) in [5.41, 5.74) is 2.08. The largest absolute Gasteiger partial charge is 0.365 e. The number of aromatic nitrogens is 3. The summed E-state index contributed by atoms with van der Waals surface area (Å²) in [6.45, 7) is 6.36. The minimum atomic E-state index is -0.527. The van der Waals surface area contributed by atoms with Crippen molar-refractivity contribution in [3.05, 3.63) is 71.2 Å². The number of thiophene rings is 1. The van der Waals surface area contributed by atoms with Gasteiger partial charge in [0.05, 0.1) is 9.75 Å². The second-order valence-corrected chi connectivity index (χ2v) is 8.46. The number of anilines is 1. The van der Waals surface area contributed by atoms with Gasteiger partial charge in [0.15, 0.2) is 0 Å². The molecule has 6 heteroatoms. The van der Waals surface area contributed by atoms with Crippen LogP contribution in [-0.2, 0) is 0 Å². The summed E-state index contributed by atoms with van der Waals surface area (Å²) < 4.78 is 15.3. The average molecular weight is 390 g/mol. The van der Waals surface area contributed by atoms with E-state index in [0.717, 1.165) is 26.9 Å². The van der Waals surface area contributed by atoms with Gasteiger partial charge in [0.25, 0.3) is 0 Å². The molecule has 0 aliphatic heterocycles. The Kier molecular flexibility index (Phi) is 4.62. The van der Waals surface area contributed by atoms with E-state index in [1.54, 1.807) is 23.5 Å². The van der Waals surface area contributed by atoms with Crippen LogP contribution in [0.2, 0.25) is 0 Å². The zero-order valence-corrected chi connectivity index (χ0v) is 16.6. The molecule has 4 rings (SSSR count). The van der Waals surface area contributed by atoms with Gasteiger partial charge in [-0.3, -0.25) is 4.40 Å². The van der Waals surface area contributed by atoms with Crippen molar-refractivity contribution in [3.63, 3.8) is 0 Å². The minimum Gasteiger partial charge on any atom is -0.365 e. The average Bonchev–Trinajstić information content (AvgIpc) is 3.24. The van der Waals surface area contributed by atoms with Crippen molar-refractivity contribution in [3.8, 4) is 22.4 Å². The fraction of sp³-hybridized carbons (Fsp3) is 0.182. The normalized spacial score (nSPS) is 11.3. The first-order valence-corrected chi connectivity index (χ1v) is 9.71. The van der Waals surface area contributed by atoms with Crippen molar-refractivity contribution in [2.45, 2.75) is 26.3 Å². The van der Waals surface area contributed by atoms with Crippen molar-refractivity contribution in [2.24, 2.45) is 0 Å². The van der Waals surface area contributed by atoms with E-state index >= 15 is 0 Å². The Morgan fingerprint density at radius 1 is 1.00 bits per heavy atom. The number of hydrogen-bond acceptors (Lipinski definition) is 4. The molecule has 4 aromatic rings. The number of imidazole rings is 1. The monoisotopic (exact) mass is 390 g/mol. The molecule has 0 radical (unpaired) electrons. The number of rotatable bonds is 2. The van der Waals surface area contributed by atoms with Gasteiger partial charge < -0.3 is 5.32 Å². The molecule has 0 saturated carbocycles. The highest BCUT2D eigenvalue weighted by Gasteiger charge is 2.20. The standard InChI is InChI=1S/C22H19FN4S/c1-22(2,3)26-21-20(25-19-9-4-5-14-27(19)21)17-13-12-16(28-17)11-10-15-7-6-8-18(23)24-15/h4-9,12-14,26H,1-3H3. The summed E-state index contributed by atoms with van der Waals surface area (Å²) in [5, 5.41) is 3.56. The Morgan fingerprint density at radius 2 is 1.86 bits per heavy atom. The quantitative estimate of drug-likeness (QED) is 0.377. The molecular weight excluding hydrogens is 371 g/mol. The zero-order chi connectivity index (χ0) is 19.7. The lowest BCUT2D eigenvalue weighted by molar-refractivity contribution is 0.582. The van der Waals surface area contributed by atoms with Gasteiger partial charge in [-0.1, -0.05) is 12.1 Å². The molecule has 0 aromatic carbocycles. The van der Waals surface area contributed by atoms with Gasteiger partial charge in [-0.25, -0.2) is 9.97 Å². The molecule has 0 amide bonds. The maximum atomic E-state index is 13.2. The molecule has 0 spiro atoms. The topological polar surface area (TPSA) is 42.2 Å². The van der Waals surface area contributed by atoms with E-state index in [0.29, 0.717) is 5.69 Å². The maximum absolute atomic E-state index is 13.2. The molecule has 1 N–H and O–H groups in total. The SMILES string of the molecule is CC(C)(C)Nc1c(-c2ccc(C#Cc3cccc(F)n3)s2)nc2ccccn12. The van der Waals surface area contributed by atoms with Crippen molar-refractivity contribution in [1.82, 2.24) is 14.4 Å². The van der Waals surface area contributed by atoms with Crippen LogP contribution in [0.1, 0.15) is 31.3 Å². The van der Waals surface area contributed by atoms with Gasteiger partial charge in [0, 0.05) is 11.7 Å². The lowest BCUT2D eigenvalue weighted by atomic mass is 10.1. The number of hydrogen-bond donors (Lipinski definition) is 1. The predicted molar refractivity (Wildman–Crippen MR) is 112 cm³/mol. The van der Waals surface area contributed by atoms with Crippen LogP contribution in [0.3, 0.4) is 0 Å². The third-order valence-electron chi connectivity index (χ3n) is 3.89. The van der Waals surface area contributed by atoms with Crippen molar-refractivity contribution in [2.75, 3.05) is 5.32 Å². The smallest absolute Gasteiger partial charge is 0.214 e. The van der Waals surface area contributed by atoms with Crippen LogP contribution >= 0.6 is 11.3 Å². The van der Waals surface area contributed by atoms with Gasteiger partial charge in [0.2, 0.25) is 5.95 Å². The minimum absolute atomic E-state index is 0.108. The Labute approximate surface area is 167 Å². The molecule has 0 saturated heterocycles. The highest BCUT2D eigenvalue weighted by molar-refractivity contribution is 7.16. The van der Waals surface area contributed by atoms with E-state index in [1.165, 1.54) is 6.07 Å². The first kappa shape index (κ1) is 18.2. The first-order chi connectivity index (χ1) is 13.4. The van der Waals surface area contributed by atoms with E-state index < -0.39 is 5.95 Å². The summed E-state index contributed by atoms with van der Waals surface area (Å²) in [6.07, 6.45) is 2.00. The third kappa shape index (κ3) is 3.90. The van der Waals surface area contributed by atoms with E-state index in [4.69, 9.17) is 4.98 Å². The third-order valence-corrected chi connectivity index (χ3v) is 4.90. The summed E-state index contributed by atoms with van der Waals surface area (Å²) in [4.78, 5) is 10.5. The van der Waals surface area contributed by atoms with Gasteiger partial charge in [-0.05, 0) is 69.0 Å². The Balaban J connectivity index is 1.73. The number of halogens is 1. The summed E-state index contributed by atoms with van der Waals surface area (Å²) in [7, 11) is 0. The summed E-state index contributed by atoms with van der Waals surface area (Å²) in [6, 6.07) is 14.5. The van der Waals surface area contributed by atoms with Crippen LogP contribution in [0.5, 0.6) is 0 Å². The summed E-state index contributed by atoms with van der Waals surface area (Å²) >= 11 is 1.55. The highest BCUT2D eigenvalue weighted by atomic mass is 32.1. The van der Waals surface area contributed by atoms with Gasteiger partial charge >= 0.3 is 0 Å². The zero-order valence-electron chi connectivity index (χ0n) is 15.8. The van der Waals surface area contributed by atoms with E-state index in [1.807, 2.05) is 36.5 Å². The van der Waals surface area contributed by atoms with Crippen LogP contribution < -0.4 is 5.32 Å². The summed E-state index contributed by atoms with van der Waals surface area (Å²) in [5.74, 6) is 6.41. The van der Waals surface area contributed by atoms with E-state index in [9.17, 15) is 4.39 Å². The number of fused-ring (bicyclic) bond motifs is 1. The Morgan fingerprint density at radius 3 is 2.64 bits per heavy atom. The number of nitrogens with zero attached hydrogens (tertiary/aromatic N) is 3. The Hall–Kier alpha value is -3.17. The molecule has 0 aliphatic rings. The van der Waals surface area contributed by atoms with Crippen molar-refractivity contribution >= 4 is 22.8 Å². The maximum Gasteiger partial charge on any atom is 0.214 e. The molecule has 4 heterocycles.